The largest absolute Gasteiger partial charge is 0.493 e. The summed E-state index contributed by atoms with van der Waals surface area (Å²) in [5.41, 5.74) is 3.22. The zero-order chi connectivity index (χ0) is 25.2. The molecule has 1 aliphatic heterocycles. The van der Waals surface area contributed by atoms with Gasteiger partial charge in [-0.3, -0.25) is 4.79 Å². The highest BCUT2D eigenvalue weighted by molar-refractivity contribution is 5.80. The Kier molecular flexibility index (Phi) is 9.90. The number of amides is 1. The first-order valence-corrected chi connectivity index (χ1v) is 12.1. The van der Waals surface area contributed by atoms with Crippen LogP contribution in [-0.4, -0.2) is 83.9 Å². The highest BCUT2D eigenvalue weighted by Gasteiger charge is 2.22. The smallest absolute Gasteiger partial charge is 0.227 e. The van der Waals surface area contributed by atoms with Gasteiger partial charge in [0.15, 0.2) is 23.0 Å². The van der Waals surface area contributed by atoms with Crippen molar-refractivity contribution in [2.24, 2.45) is 0 Å². The Hall–Kier alpha value is -3.13. The van der Waals surface area contributed by atoms with Gasteiger partial charge in [0.05, 0.1) is 34.9 Å². The van der Waals surface area contributed by atoms with E-state index in [1.807, 2.05) is 35.2 Å². The molecule has 0 unspecified atom stereocenters. The number of carbonyl (C=O) groups is 1. The van der Waals surface area contributed by atoms with Crippen molar-refractivity contribution in [3.63, 3.8) is 0 Å². The highest BCUT2D eigenvalue weighted by Crippen LogP contribution is 2.32. The minimum Gasteiger partial charge on any atom is -0.493 e. The molecule has 2 aromatic rings. The molecule has 35 heavy (non-hydrogen) atoms. The van der Waals surface area contributed by atoms with Gasteiger partial charge in [0.25, 0.3) is 0 Å². The Morgan fingerprint density at radius 3 is 2.17 bits per heavy atom. The van der Waals surface area contributed by atoms with Gasteiger partial charge in [0.1, 0.15) is 0 Å². The van der Waals surface area contributed by atoms with Crippen molar-refractivity contribution < 1.29 is 23.7 Å². The van der Waals surface area contributed by atoms with E-state index >= 15 is 0 Å². The molecule has 0 fully saturated rings. The fraction of sp³-hybridized carbons (Fsp3) is 0.519. The van der Waals surface area contributed by atoms with E-state index in [4.69, 9.17) is 18.9 Å². The lowest BCUT2D eigenvalue weighted by atomic mass is 10.0. The first-order valence-electron chi connectivity index (χ1n) is 12.1. The summed E-state index contributed by atoms with van der Waals surface area (Å²) in [7, 11) is 8.67. The summed E-state index contributed by atoms with van der Waals surface area (Å²) in [6.07, 6.45) is 3.22. The van der Waals surface area contributed by atoms with E-state index in [9.17, 15) is 4.79 Å². The van der Waals surface area contributed by atoms with Crippen molar-refractivity contribution >= 4 is 11.6 Å². The van der Waals surface area contributed by atoms with Crippen LogP contribution in [0.2, 0.25) is 0 Å². The van der Waals surface area contributed by atoms with Crippen LogP contribution in [0.4, 0.5) is 5.69 Å². The van der Waals surface area contributed by atoms with Gasteiger partial charge < -0.3 is 34.1 Å². The molecule has 1 amide bonds. The Morgan fingerprint density at radius 2 is 1.49 bits per heavy atom. The average Bonchev–Trinajstić information content (AvgIpc) is 3.03. The van der Waals surface area contributed by atoms with E-state index in [0.717, 1.165) is 86.0 Å². The van der Waals surface area contributed by atoms with Crippen LogP contribution in [0.5, 0.6) is 23.0 Å². The van der Waals surface area contributed by atoms with Gasteiger partial charge >= 0.3 is 0 Å². The van der Waals surface area contributed by atoms with E-state index in [1.54, 1.807) is 28.4 Å². The molecule has 2 aromatic carbocycles. The van der Waals surface area contributed by atoms with Gasteiger partial charge in [-0.1, -0.05) is 0 Å². The molecule has 0 atom stereocenters. The Morgan fingerprint density at radius 1 is 0.857 bits per heavy atom. The topological polar surface area (TPSA) is 72.5 Å². The minimum atomic E-state index is 0.178. The number of methoxy groups -OCH3 is 4. The predicted octanol–water partition coefficient (Wildman–Crippen LogP) is 3.47. The molecule has 1 heterocycles. The maximum Gasteiger partial charge on any atom is 0.227 e. The van der Waals surface area contributed by atoms with Crippen molar-refractivity contribution in [3.05, 3.63) is 41.5 Å². The summed E-state index contributed by atoms with van der Waals surface area (Å²) in [5, 5.41) is 3.44. The molecule has 0 radical (unpaired) electrons. The lowest BCUT2D eigenvalue weighted by molar-refractivity contribution is -0.130. The molecule has 192 valence electrons. The third-order valence-electron chi connectivity index (χ3n) is 6.45. The fourth-order valence-corrected chi connectivity index (χ4v) is 4.42. The lowest BCUT2D eigenvalue weighted by Crippen LogP contribution is -2.35. The predicted molar refractivity (Wildman–Crippen MR) is 138 cm³/mol. The van der Waals surface area contributed by atoms with Crippen LogP contribution < -0.4 is 24.3 Å². The van der Waals surface area contributed by atoms with Crippen molar-refractivity contribution in [3.8, 4) is 23.0 Å². The molecule has 8 heteroatoms. The number of benzene rings is 2. The first-order chi connectivity index (χ1) is 17.0. The molecule has 0 saturated heterocycles. The second-order valence-corrected chi connectivity index (χ2v) is 8.79. The number of nitrogens with one attached hydrogen (secondary N) is 1. The van der Waals surface area contributed by atoms with E-state index < -0.39 is 0 Å². The number of carbonyl (C=O) groups excluding carboxylic acids is 1. The Bertz CT molecular complexity index is 982. The Labute approximate surface area is 209 Å². The van der Waals surface area contributed by atoms with E-state index in [2.05, 4.69) is 17.3 Å². The number of ether oxygens (including phenoxy) is 4. The molecule has 0 aromatic heterocycles. The third-order valence-corrected chi connectivity index (χ3v) is 6.45. The summed E-state index contributed by atoms with van der Waals surface area (Å²) >= 11 is 0. The quantitative estimate of drug-likeness (QED) is 0.436. The highest BCUT2D eigenvalue weighted by atomic mass is 16.5. The van der Waals surface area contributed by atoms with Crippen molar-refractivity contribution in [2.45, 2.75) is 25.7 Å². The van der Waals surface area contributed by atoms with Crippen molar-refractivity contribution in [1.82, 2.24) is 9.80 Å². The molecule has 1 N–H and O–H groups in total. The lowest BCUT2D eigenvalue weighted by Gasteiger charge is -2.23. The molecule has 0 bridgehead atoms. The second-order valence-electron chi connectivity index (χ2n) is 8.79. The second kappa shape index (κ2) is 13.1. The number of nitrogens with zero attached hydrogens (tertiary/aromatic N) is 2. The fourth-order valence-electron chi connectivity index (χ4n) is 4.42. The van der Waals surface area contributed by atoms with E-state index in [-0.39, 0.29) is 5.91 Å². The van der Waals surface area contributed by atoms with Crippen LogP contribution in [0, 0.1) is 0 Å². The molecular formula is C27H39N3O5. The standard InChI is InChI=1S/C27H39N3O5/c1-29(12-6-11-28-22-8-9-23(32-2)26(19-22)35-5)13-7-14-30-15-10-20-16-24(33-3)25(34-4)17-21(20)18-27(30)31/h8-9,16-17,19,28H,6-7,10-15,18H2,1-5H3. The molecular weight excluding hydrogens is 446 g/mol. The van der Waals surface area contributed by atoms with Gasteiger partial charge in [0.2, 0.25) is 5.91 Å². The van der Waals surface area contributed by atoms with Crippen LogP contribution in [-0.2, 0) is 17.6 Å². The van der Waals surface area contributed by atoms with Crippen LogP contribution in [0.25, 0.3) is 0 Å². The van der Waals surface area contributed by atoms with Crippen LogP contribution >= 0.6 is 0 Å². The maximum absolute atomic E-state index is 12.9. The van der Waals surface area contributed by atoms with Gasteiger partial charge in [-0.2, -0.15) is 0 Å². The summed E-state index contributed by atoms with van der Waals surface area (Å²) in [5.74, 6) is 3.02. The number of fused-ring (bicyclic) bond motifs is 1. The summed E-state index contributed by atoms with van der Waals surface area (Å²) < 4.78 is 21.5. The van der Waals surface area contributed by atoms with Gasteiger partial charge in [-0.25, -0.2) is 0 Å². The normalized spacial score (nSPS) is 13.3. The van der Waals surface area contributed by atoms with Gasteiger partial charge in [0, 0.05) is 31.4 Å². The van der Waals surface area contributed by atoms with E-state index in [1.165, 1.54) is 0 Å². The first kappa shape index (κ1) is 26.5. The summed E-state index contributed by atoms with van der Waals surface area (Å²) in [6.45, 7) is 4.32. The number of rotatable bonds is 13. The van der Waals surface area contributed by atoms with Gasteiger partial charge in [-0.05, 0) is 74.8 Å². The van der Waals surface area contributed by atoms with Crippen molar-refractivity contribution in [1.29, 1.82) is 0 Å². The van der Waals surface area contributed by atoms with E-state index in [0.29, 0.717) is 12.2 Å². The average molecular weight is 486 g/mol. The van der Waals surface area contributed by atoms with Crippen LogP contribution in [0.1, 0.15) is 24.0 Å². The monoisotopic (exact) mass is 485 g/mol. The molecule has 0 aliphatic carbocycles. The molecule has 0 spiro atoms. The summed E-state index contributed by atoms with van der Waals surface area (Å²) in [6, 6.07) is 9.80. The SMILES string of the molecule is COc1ccc(NCCCN(C)CCCN2CCc3cc(OC)c(OC)cc3CC2=O)cc1OC. The summed E-state index contributed by atoms with van der Waals surface area (Å²) in [4.78, 5) is 17.2. The minimum absolute atomic E-state index is 0.178. The third kappa shape index (κ3) is 7.18. The Balaban J connectivity index is 1.38. The van der Waals surface area contributed by atoms with Crippen molar-refractivity contribution in [2.75, 3.05) is 73.5 Å². The number of hydrogen-bond acceptors (Lipinski definition) is 7. The molecule has 8 nitrogen and oxygen atoms in total. The van der Waals surface area contributed by atoms with Crippen LogP contribution in [0.15, 0.2) is 30.3 Å². The number of hydrogen-bond donors (Lipinski definition) is 1. The number of anilines is 1. The van der Waals surface area contributed by atoms with Gasteiger partial charge in [-0.15, -0.1) is 0 Å². The molecule has 1 aliphatic rings. The molecule has 3 rings (SSSR count). The zero-order valence-corrected chi connectivity index (χ0v) is 21.7. The zero-order valence-electron chi connectivity index (χ0n) is 21.7. The maximum atomic E-state index is 12.9. The molecule has 0 saturated carbocycles. The van der Waals surface area contributed by atoms with Crippen LogP contribution in [0.3, 0.4) is 0 Å².